The molecule has 1 saturated heterocycles. The first-order valence-corrected chi connectivity index (χ1v) is 7.42. The fourth-order valence-corrected chi connectivity index (χ4v) is 3.57. The van der Waals surface area contributed by atoms with Crippen molar-refractivity contribution in [3.63, 3.8) is 0 Å². The summed E-state index contributed by atoms with van der Waals surface area (Å²) in [6.07, 6.45) is 5.87. The summed E-state index contributed by atoms with van der Waals surface area (Å²) in [4.78, 5) is 2.52. The highest BCUT2D eigenvalue weighted by Gasteiger charge is 2.45. The van der Waals surface area contributed by atoms with Crippen molar-refractivity contribution < 1.29 is 4.74 Å². The van der Waals surface area contributed by atoms with Gasteiger partial charge in [0.15, 0.2) is 0 Å². The third-order valence-corrected chi connectivity index (χ3v) is 4.71. The van der Waals surface area contributed by atoms with Gasteiger partial charge in [0, 0.05) is 13.1 Å². The SMILES string of the molecule is C(CNCC1CC2CC2C1)CN1CCOCC1. The van der Waals surface area contributed by atoms with Crippen molar-refractivity contribution in [2.75, 3.05) is 45.9 Å². The van der Waals surface area contributed by atoms with Crippen molar-refractivity contribution in [3.05, 3.63) is 0 Å². The lowest BCUT2D eigenvalue weighted by atomic mass is 10.0. The minimum absolute atomic E-state index is 0.929. The quantitative estimate of drug-likeness (QED) is 0.707. The Hall–Kier alpha value is -0.120. The number of hydrogen-bond donors (Lipinski definition) is 1. The molecule has 98 valence electrons. The summed E-state index contributed by atoms with van der Waals surface area (Å²) in [6, 6.07) is 0. The molecule has 0 spiro atoms. The molecule has 17 heavy (non-hydrogen) atoms. The van der Waals surface area contributed by atoms with Crippen LogP contribution in [0.15, 0.2) is 0 Å². The molecular formula is C14H26N2O. The Balaban J connectivity index is 1.18. The van der Waals surface area contributed by atoms with Gasteiger partial charge in [-0.25, -0.2) is 0 Å². The molecule has 2 aliphatic carbocycles. The van der Waals surface area contributed by atoms with Crippen molar-refractivity contribution in [2.24, 2.45) is 17.8 Å². The van der Waals surface area contributed by atoms with Gasteiger partial charge in [0.05, 0.1) is 13.2 Å². The Morgan fingerprint density at radius 3 is 2.59 bits per heavy atom. The molecule has 1 heterocycles. The molecule has 2 unspecified atom stereocenters. The Morgan fingerprint density at radius 1 is 1.06 bits per heavy atom. The van der Waals surface area contributed by atoms with E-state index < -0.39 is 0 Å². The van der Waals surface area contributed by atoms with Crippen LogP contribution in [-0.4, -0.2) is 50.8 Å². The molecule has 0 bridgehead atoms. The van der Waals surface area contributed by atoms with Gasteiger partial charge < -0.3 is 10.1 Å². The van der Waals surface area contributed by atoms with E-state index in [1.807, 2.05) is 0 Å². The summed E-state index contributed by atoms with van der Waals surface area (Å²) in [5.41, 5.74) is 0. The number of nitrogens with zero attached hydrogens (tertiary/aromatic N) is 1. The lowest BCUT2D eigenvalue weighted by Gasteiger charge is -2.26. The summed E-state index contributed by atoms with van der Waals surface area (Å²) in [6.45, 7) is 7.83. The third-order valence-electron chi connectivity index (χ3n) is 4.71. The van der Waals surface area contributed by atoms with Gasteiger partial charge in [-0.3, -0.25) is 4.90 Å². The predicted molar refractivity (Wildman–Crippen MR) is 69.1 cm³/mol. The smallest absolute Gasteiger partial charge is 0.0594 e. The summed E-state index contributed by atoms with van der Waals surface area (Å²) in [5.74, 6) is 3.27. The maximum atomic E-state index is 5.35. The zero-order valence-electron chi connectivity index (χ0n) is 10.9. The lowest BCUT2D eigenvalue weighted by molar-refractivity contribution is 0.0374. The number of morpholine rings is 1. The van der Waals surface area contributed by atoms with Gasteiger partial charge in [0.2, 0.25) is 0 Å². The highest BCUT2D eigenvalue weighted by molar-refractivity contribution is 4.96. The fourth-order valence-electron chi connectivity index (χ4n) is 3.57. The van der Waals surface area contributed by atoms with Crippen molar-refractivity contribution in [3.8, 4) is 0 Å². The van der Waals surface area contributed by atoms with Gasteiger partial charge in [0.1, 0.15) is 0 Å². The molecular weight excluding hydrogens is 212 g/mol. The van der Waals surface area contributed by atoms with E-state index in [9.17, 15) is 0 Å². The second-order valence-corrected chi connectivity index (χ2v) is 6.10. The summed E-state index contributed by atoms with van der Waals surface area (Å²) in [5, 5.41) is 3.65. The summed E-state index contributed by atoms with van der Waals surface area (Å²) < 4.78 is 5.35. The Labute approximate surface area is 105 Å². The highest BCUT2D eigenvalue weighted by Crippen LogP contribution is 2.54. The van der Waals surface area contributed by atoms with E-state index in [1.165, 1.54) is 38.9 Å². The largest absolute Gasteiger partial charge is 0.379 e. The van der Waals surface area contributed by atoms with Crippen LogP contribution in [0, 0.1) is 17.8 Å². The molecule has 0 amide bonds. The van der Waals surface area contributed by atoms with Crippen molar-refractivity contribution in [1.82, 2.24) is 10.2 Å². The second-order valence-electron chi connectivity index (χ2n) is 6.10. The average molecular weight is 238 g/mol. The minimum Gasteiger partial charge on any atom is -0.379 e. The van der Waals surface area contributed by atoms with E-state index in [-0.39, 0.29) is 0 Å². The maximum absolute atomic E-state index is 5.35. The van der Waals surface area contributed by atoms with Gasteiger partial charge in [-0.1, -0.05) is 0 Å². The molecule has 0 aromatic rings. The van der Waals surface area contributed by atoms with Crippen LogP contribution in [-0.2, 0) is 4.74 Å². The molecule has 3 nitrogen and oxygen atoms in total. The topological polar surface area (TPSA) is 24.5 Å². The second kappa shape index (κ2) is 5.68. The van der Waals surface area contributed by atoms with Gasteiger partial charge >= 0.3 is 0 Å². The van der Waals surface area contributed by atoms with Gasteiger partial charge in [0.25, 0.3) is 0 Å². The number of nitrogens with one attached hydrogen (secondary N) is 1. The molecule has 1 aliphatic heterocycles. The van der Waals surface area contributed by atoms with Crippen LogP contribution in [0.3, 0.4) is 0 Å². The Morgan fingerprint density at radius 2 is 1.82 bits per heavy atom. The van der Waals surface area contributed by atoms with E-state index in [0.717, 1.165) is 44.1 Å². The zero-order valence-corrected chi connectivity index (χ0v) is 10.9. The molecule has 2 saturated carbocycles. The summed E-state index contributed by atoms with van der Waals surface area (Å²) >= 11 is 0. The molecule has 0 radical (unpaired) electrons. The molecule has 3 heteroatoms. The number of hydrogen-bond acceptors (Lipinski definition) is 3. The van der Waals surface area contributed by atoms with Crippen LogP contribution < -0.4 is 5.32 Å². The van der Waals surface area contributed by atoms with Gasteiger partial charge in [-0.05, 0) is 63.1 Å². The predicted octanol–water partition coefficient (Wildman–Crippen LogP) is 1.34. The van der Waals surface area contributed by atoms with Crippen LogP contribution in [0.25, 0.3) is 0 Å². The standard InChI is InChI=1S/C14H26N2O/c1(3-16-4-6-17-7-5-16)2-15-11-12-8-13-10-14(13)9-12/h12-15H,1-11H2. The number of fused-ring (bicyclic) bond motifs is 1. The van der Waals surface area contributed by atoms with Crippen molar-refractivity contribution in [1.29, 1.82) is 0 Å². The molecule has 2 atom stereocenters. The minimum atomic E-state index is 0.929. The fraction of sp³-hybridized carbons (Fsp3) is 1.00. The first-order valence-electron chi connectivity index (χ1n) is 7.42. The van der Waals surface area contributed by atoms with E-state index in [1.54, 1.807) is 6.42 Å². The maximum Gasteiger partial charge on any atom is 0.0594 e. The van der Waals surface area contributed by atoms with Crippen LogP contribution in [0.2, 0.25) is 0 Å². The molecule has 0 aromatic carbocycles. The van der Waals surface area contributed by atoms with E-state index in [0.29, 0.717) is 0 Å². The molecule has 3 fully saturated rings. The van der Waals surface area contributed by atoms with Crippen LogP contribution >= 0.6 is 0 Å². The number of rotatable bonds is 6. The van der Waals surface area contributed by atoms with Crippen LogP contribution in [0.1, 0.15) is 25.7 Å². The first kappa shape index (κ1) is 11.9. The molecule has 1 N–H and O–H groups in total. The monoisotopic (exact) mass is 238 g/mol. The van der Waals surface area contributed by atoms with Crippen LogP contribution in [0.4, 0.5) is 0 Å². The van der Waals surface area contributed by atoms with E-state index >= 15 is 0 Å². The third kappa shape index (κ3) is 3.43. The van der Waals surface area contributed by atoms with Gasteiger partial charge in [-0.2, -0.15) is 0 Å². The lowest BCUT2D eigenvalue weighted by Crippen LogP contribution is -2.38. The van der Waals surface area contributed by atoms with Crippen molar-refractivity contribution in [2.45, 2.75) is 25.7 Å². The first-order chi connectivity index (χ1) is 8.42. The van der Waals surface area contributed by atoms with E-state index in [4.69, 9.17) is 4.74 Å². The molecule has 3 aliphatic rings. The highest BCUT2D eigenvalue weighted by atomic mass is 16.5. The van der Waals surface area contributed by atoms with Gasteiger partial charge in [-0.15, -0.1) is 0 Å². The normalized spacial score (nSPS) is 37.1. The molecule has 0 aromatic heterocycles. The Kier molecular flexibility index (Phi) is 3.99. The molecule has 3 rings (SSSR count). The van der Waals surface area contributed by atoms with Crippen molar-refractivity contribution >= 4 is 0 Å². The average Bonchev–Trinajstić information content (AvgIpc) is 2.98. The zero-order chi connectivity index (χ0) is 11.5. The van der Waals surface area contributed by atoms with Crippen LogP contribution in [0.5, 0.6) is 0 Å². The summed E-state index contributed by atoms with van der Waals surface area (Å²) in [7, 11) is 0. The number of ether oxygens (including phenoxy) is 1. The Bertz CT molecular complexity index is 226. The van der Waals surface area contributed by atoms with E-state index in [2.05, 4.69) is 10.2 Å².